The Bertz CT molecular complexity index is 349. The van der Waals surface area contributed by atoms with Crippen LogP contribution in [-0.4, -0.2) is 60.3 Å². The maximum atomic E-state index is 12.1. The zero-order chi connectivity index (χ0) is 15.8. The topological polar surface area (TPSA) is 78.9 Å². The number of carbonyl (C=O) groups excluding carboxylic acids is 1. The predicted octanol–water partition coefficient (Wildman–Crippen LogP) is 1.10. The van der Waals surface area contributed by atoms with Crippen LogP contribution in [0.5, 0.6) is 0 Å². The molecule has 21 heavy (non-hydrogen) atoms. The molecule has 1 aliphatic rings. The van der Waals surface area contributed by atoms with Crippen LogP contribution in [0.1, 0.15) is 40.0 Å². The van der Waals surface area contributed by atoms with Gasteiger partial charge in [-0.05, 0) is 26.3 Å². The van der Waals surface area contributed by atoms with Crippen molar-refractivity contribution in [3.8, 4) is 0 Å². The molecular formula is C15H28N2O4. The second kappa shape index (κ2) is 9.00. The van der Waals surface area contributed by atoms with Crippen LogP contribution in [0, 0.1) is 5.92 Å². The van der Waals surface area contributed by atoms with Crippen LogP contribution in [0.2, 0.25) is 0 Å². The first-order chi connectivity index (χ1) is 9.99. The van der Waals surface area contributed by atoms with Crippen molar-refractivity contribution in [2.75, 3.05) is 26.3 Å². The molecule has 0 aromatic rings. The Labute approximate surface area is 126 Å². The van der Waals surface area contributed by atoms with Crippen molar-refractivity contribution in [2.45, 2.75) is 52.1 Å². The minimum absolute atomic E-state index is 0.0413. The molecule has 0 radical (unpaired) electrons. The van der Waals surface area contributed by atoms with Gasteiger partial charge >= 0.3 is 5.97 Å². The smallest absolute Gasteiger partial charge is 0.310 e. The number of carboxylic acid groups (broad SMARTS) is 1. The molecule has 122 valence electrons. The molecule has 6 heteroatoms. The predicted molar refractivity (Wildman–Crippen MR) is 80.1 cm³/mol. The fourth-order valence-electron chi connectivity index (χ4n) is 2.80. The van der Waals surface area contributed by atoms with E-state index in [-0.39, 0.29) is 31.1 Å². The van der Waals surface area contributed by atoms with Gasteiger partial charge in [0.2, 0.25) is 5.91 Å². The van der Waals surface area contributed by atoms with Gasteiger partial charge in [0.1, 0.15) is 0 Å². The summed E-state index contributed by atoms with van der Waals surface area (Å²) in [4.78, 5) is 25.3. The third kappa shape index (κ3) is 5.63. The molecule has 1 saturated heterocycles. The Kier molecular flexibility index (Phi) is 7.67. The van der Waals surface area contributed by atoms with Crippen LogP contribution in [0.4, 0.5) is 0 Å². The van der Waals surface area contributed by atoms with Crippen molar-refractivity contribution < 1.29 is 19.4 Å². The van der Waals surface area contributed by atoms with E-state index in [9.17, 15) is 14.7 Å². The van der Waals surface area contributed by atoms with E-state index in [1.54, 1.807) is 0 Å². The van der Waals surface area contributed by atoms with Crippen molar-refractivity contribution >= 4 is 11.9 Å². The molecule has 0 spiro atoms. The Morgan fingerprint density at radius 3 is 2.62 bits per heavy atom. The molecule has 1 rings (SSSR count). The first-order valence-corrected chi connectivity index (χ1v) is 7.83. The van der Waals surface area contributed by atoms with Gasteiger partial charge in [0.15, 0.2) is 0 Å². The fourth-order valence-corrected chi connectivity index (χ4v) is 2.80. The highest BCUT2D eigenvalue weighted by atomic mass is 16.5. The normalized spacial score (nSPS) is 23.2. The molecule has 0 aliphatic carbocycles. The minimum atomic E-state index is -0.849. The van der Waals surface area contributed by atoms with Gasteiger partial charge < -0.3 is 15.2 Å². The van der Waals surface area contributed by atoms with E-state index < -0.39 is 11.9 Å². The van der Waals surface area contributed by atoms with Crippen molar-refractivity contribution in [2.24, 2.45) is 5.92 Å². The van der Waals surface area contributed by atoms with Crippen molar-refractivity contribution in [3.05, 3.63) is 0 Å². The number of rotatable bonds is 9. The molecule has 3 unspecified atom stereocenters. The van der Waals surface area contributed by atoms with Gasteiger partial charge in [-0.3, -0.25) is 14.5 Å². The van der Waals surface area contributed by atoms with Crippen molar-refractivity contribution in [1.82, 2.24) is 10.2 Å². The summed E-state index contributed by atoms with van der Waals surface area (Å²) in [5.74, 6) is -1.43. The average Bonchev–Trinajstić information content (AvgIpc) is 2.87. The number of aliphatic carboxylic acids is 1. The second-order valence-electron chi connectivity index (χ2n) is 5.78. The van der Waals surface area contributed by atoms with Gasteiger partial charge in [0.05, 0.1) is 25.7 Å². The number of hydrogen-bond acceptors (Lipinski definition) is 4. The average molecular weight is 300 g/mol. The molecule has 0 aromatic heterocycles. The summed E-state index contributed by atoms with van der Waals surface area (Å²) in [5, 5.41) is 12.2. The summed E-state index contributed by atoms with van der Waals surface area (Å²) in [5.41, 5.74) is 0. The summed E-state index contributed by atoms with van der Waals surface area (Å²) in [6.07, 6.45) is 2.85. The molecule has 1 amide bonds. The van der Waals surface area contributed by atoms with E-state index in [1.807, 2.05) is 18.7 Å². The van der Waals surface area contributed by atoms with Gasteiger partial charge in [-0.2, -0.15) is 0 Å². The lowest BCUT2D eigenvalue weighted by atomic mass is 10.0. The number of ether oxygens (including phenoxy) is 1. The zero-order valence-electron chi connectivity index (χ0n) is 13.3. The molecule has 2 N–H and O–H groups in total. The van der Waals surface area contributed by atoms with Gasteiger partial charge in [-0.15, -0.1) is 0 Å². The standard InChI is InChI=1S/C15H28N2O4/c1-4-6-11(3)16-14(18)8-17(7-5-2)13-10-21-9-12(13)15(19)20/h11-13H,4-10H2,1-3H3,(H,16,18)(H,19,20). The van der Waals surface area contributed by atoms with Crippen LogP contribution in [0.25, 0.3) is 0 Å². The Hall–Kier alpha value is -1.14. The number of nitrogens with one attached hydrogen (secondary N) is 1. The van der Waals surface area contributed by atoms with Gasteiger partial charge in [0, 0.05) is 12.1 Å². The minimum Gasteiger partial charge on any atom is -0.481 e. The molecule has 0 saturated carbocycles. The largest absolute Gasteiger partial charge is 0.481 e. The van der Waals surface area contributed by atoms with Gasteiger partial charge in [-0.1, -0.05) is 20.3 Å². The summed E-state index contributed by atoms with van der Waals surface area (Å²) < 4.78 is 5.31. The molecule has 0 aromatic carbocycles. The maximum Gasteiger partial charge on any atom is 0.310 e. The molecular weight excluding hydrogens is 272 g/mol. The van der Waals surface area contributed by atoms with Crippen molar-refractivity contribution in [1.29, 1.82) is 0 Å². The third-order valence-corrected chi connectivity index (χ3v) is 3.82. The number of hydrogen-bond donors (Lipinski definition) is 2. The van der Waals surface area contributed by atoms with E-state index >= 15 is 0 Å². The third-order valence-electron chi connectivity index (χ3n) is 3.82. The quantitative estimate of drug-likeness (QED) is 0.667. The molecule has 1 fully saturated rings. The van der Waals surface area contributed by atoms with Crippen LogP contribution in [-0.2, 0) is 14.3 Å². The van der Waals surface area contributed by atoms with Gasteiger partial charge in [0.25, 0.3) is 0 Å². The Morgan fingerprint density at radius 1 is 1.33 bits per heavy atom. The Morgan fingerprint density at radius 2 is 2.05 bits per heavy atom. The molecule has 3 atom stereocenters. The lowest BCUT2D eigenvalue weighted by molar-refractivity contribution is -0.143. The summed E-state index contributed by atoms with van der Waals surface area (Å²) >= 11 is 0. The summed E-state index contributed by atoms with van der Waals surface area (Å²) in [6, 6.07) is -0.0595. The molecule has 1 aliphatic heterocycles. The first-order valence-electron chi connectivity index (χ1n) is 7.83. The summed E-state index contributed by atoms with van der Waals surface area (Å²) in [6.45, 7) is 7.65. The van der Waals surface area contributed by atoms with Crippen molar-refractivity contribution in [3.63, 3.8) is 0 Å². The summed E-state index contributed by atoms with van der Waals surface area (Å²) in [7, 11) is 0. The lowest BCUT2D eigenvalue weighted by Gasteiger charge is -2.29. The maximum absolute atomic E-state index is 12.1. The van der Waals surface area contributed by atoms with Gasteiger partial charge in [-0.25, -0.2) is 0 Å². The number of amides is 1. The van der Waals surface area contributed by atoms with E-state index in [0.29, 0.717) is 13.2 Å². The highest BCUT2D eigenvalue weighted by molar-refractivity contribution is 5.78. The molecule has 1 heterocycles. The molecule has 6 nitrogen and oxygen atoms in total. The number of nitrogens with zero attached hydrogens (tertiary/aromatic N) is 1. The Balaban J connectivity index is 2.60. The van der Waals surface area contributed by atoms with E-state index in [1.165, 1.54) is 0 Å². The van der Waals surface area contributed by atoms with E-state index in [2.05, 4.69) is 12.2 Å². The van der Waals surface area contributed by atoms with Crippen LogP contribution < -0.4 is 5.32 Å². The zero-order valence-corrected chi connectivity index (χ0v) is 13.3. The molecule has 0 bridgehead atoms. The van der Waals surface area contributed by atoms with Crippen LogP contribution >= 0.6 is 0 Å². The highest BCUT2D eigenvalue weighted by Gasteiger charge is 2.38. The van der Waals surface area contributed by atoms with Crippen LogP contribution in [0.15, 0.2) is 0 Å². The lowest BCUT2D eigenvalue weighted by Crippen LogP contribution is -2.49. The number of carboxylic acids is 1. The second-order valence-corrected chi connectivity index (χ2v) is 5.78. The highest BCUT2D eigenvalue weighted by Crippen LogP contribution is 2.20. The first kappa shape index (κ1) is 17.9. The monoisotopic (exact) mass is 300 g/mol. The SMILES string of the molecule is CCCC(C)NC(=O)CN(CCC)C1COCC1C(=O)O. The number of carbonyl (C=O) groups is 2. The fraction of sp³-hybridized carbons (Fsp3) is 0.867. The van der Waals surface area contributed by atoms with E-state index in [4.69, 9.17) is 4.74 Å². The van der Waals surface area contributed by atoms with Crippen LogP contribution in [0.3, 0.4) is 0 Å². The van der Waals surface area contributed by atoms with E-state index in [0.717, 1.165) is 19.3 Å².